The minimum Gasteiger partial charge on any atom is -0.481 e. The van der Waals surface area contributed by atoms with E-state index in [1.807, 2.05) is 22.8 Å². The number of rotatable bonds is 3. The second kappa shape index (κ2) is 6.40. The summed E-state index contributed by atoms with van der Waals surface area (Å²) in [5.41, 5.74) is 2.28. The van der Waals surface area contributed by atoms with Gasteiger partial charge in [-0.15, -0.1) is 0 Å². The van der Waals surface area contributed by atoms with E-state index in [0.29, 0.717) is 18.8 Å². The Bertz CT molecular complexity index is 696. The van der Waals surface area contributed by atoms with Crippen LogP contribution in [-0.4, -0.2) is 33.2 Å². The lowest BCUT2D eigenvalue weighted by Crippen LogP contribution is -2.40. The number of nitrogens with zero attached hydrogens (tertiary/aromatic N) is 3. The predicted molar refractivity (Wildman–Crippen MR) is 83.4 cm³/mol. The van der Waals surface area contributed by atoms with Crippen molar-refractivity contribution in [2.24, 2.45) is 7.05 Å². The van der Waals surface area contributed by atoms with Crippen molar-refractivity contribution in [3.05, 3.63) is 47.5 Å². The second-order valence-corrected chi connectivity index (χ2v) is 5.82. The van der Waals surface area contributed by atoms with Gasteiger partial charge in [0.25, 0.3) is 5.91 Å². The molecule has 2 aromatic rings. The van der Waals surface area contributed by atoms with Crippen LogP contribution >= 0.6 is 0 Å². The van der Waals surface area contributed by atoms with E-state index in [9.17, 15) is 9.18 Å². The van der Waals surface area contributed by atoms with Gasteiger partial charge in [-0.2, -0.15) is 5.10 Å². The third-order valence-corrected chi connectivity index (χ3v) is 4.14. The summed E-state index contributed by atoms with van der Waals surface area (Å²) >= 11 is 0. The summed E-state index contributed by atoms with van der Waals surface area (Å²) in [6.07, 6.45) is 3.04. The van der Waals surface area contributed by atoms with Gasteiger partial charge in [0.2, 0.25) is 0 Å². The van der Waals surface area contributed by atoms with E-state index in [4.69, 9.17) is 4.74 Å². The van der Waals surface area contributed by atoms with Crippen LogP contribution < -0.4 is 4.74 Å². The highest BCUT2D eigenvalue weighted by molar-refractivity contribution is 5.81. The average molecular weight is 317 g/mol. The van der Waals surface area contributed by atoms with Crippen LogP contribution in [0.2, 0.25) is 0 Å². The van der Waals surface area contributed by atoms with E-state index in [0.717, 1.165) is 18.4 Å². The highest BCUT2D eigenvalue weighted by Gasteiger charge is 2.26. The zero-order chi connectivity index (χ0) is 16.4. The van der Waals surface area contributed by atoms with Gasteiger partial charge in [-0.05, 0) is 44.0 Å². The van der Waals surface area contributed by atoms with E-state index in [-0.39, 0.29) is 11.7 Å². The van der Waals surface area contributed by atoms with Crippen molar-refractivity contribution in [3.63, 3.8) is 0 Å². The standard InChI is InChI=1S/C17H20FN3O2/c1-12(23-15-7-5-14(18)6-8-15)17(22)21-9-3-4-16-13(11-21)10-19-20(16)2/h5-8,10,12H,3-4,9,11H2,1-2H3/t12-/m0/s1. The molecule has 0 aliphatic carbocycles. The van der Waals surface area contributed by atoms with Gasteiger partial charge in [-0.1, -0.05) is 0 Å². The van der Waals surface area contributed by atoms with Crippen LogP contribution in [0.25, 0.3) is 0 Å². The Hall–Kier alpha value is -2.37. The number of amides is 1. The van der Waals surface area contributed by atoms with E-state index >= 15 is 0 Å². The smallest absolute Gasteiger partial charge is 0.263 e. The molecule has 2 heterocycles. The topological polar surface area (TPSA) is 47.4 Å². The molecule has 5 nitrogen and oxygen atoms in total. The molecule has 0 bridgehead atoms. The van der Waals surface area contributed by atoms with Gasteiger partial charge < -0.3 is 9.64 Å². The van der Waals surface area contributed by atoms with Gasteiger partial charge >= 0.3 is 0 Å². The Labute approximate surface area is 134 Å². The zero-order valence-corrected chi connectivity index (χ0v) is 13.3. The van der Waals surface area contributed by atoms with Gasteiger partial charge in [0, 0.05) is 31.4 Å². The highest BCUT2D eigenvalue weighted by atomic mass is 19.1. The number of benzene rings is 1. The molecule has 3 rings (SSSR count). The van der Waals surface area contributed by atoms with Crippen LogP contribution in [0.4, 0.5) is 4.39 Å². The van der Waals surface area contributed by atoms with Crippen LogP contribution in [0.15, 0.2) is 30.5 Å². The molecule has 23 heavy (non-hydrogen) atoms. The fourth-order valence-electron chi connectivity index (χ4n) is 2.90. The molecule has 6 heteroatoms. The van der Waals surface area contributed by atoms with E-state index in [1.165, 1.54) is 30.0 Å². The molecule has 0 saturated carbocycles. The lowest BCUT2D eigenvalue weighted by Gasteiger charge is -2.24. The lowest BCUT2D eigenvalue weighted by molar-refractivity contribution is -0.138. The maximum absolute atomic E-state index is 12.9. The molecule has 1 aliphatic heterocycles. The number of hydrogen-bond acceptors (Lipinski definition) is 3. The number of hydrogen-bond donors (Lipinski definition) is 0. The van der Waals surface area contributed by atoms with Gasteiger partial charge in [0.1, 0.15) is 11.6 Å². The maximum atomic E-state index is 12.9. The largest absolute Gasteiger partial charge is 0.481 e. The number of halogens is 1. The quantitative estimate of drug-likeness (QED) is 0.873. The first-order valence-electron chi connectivity index (χ1n) is 7.75. The minimum atomic E-state index is -0.612. The molecule has 1 atom stereocenters. The molecular formula is C17H20FN3O2. The van der Waals surface area contributed by atoms with Gasteiger partial charge in [-0.25, -0.2) is 4.39 Å². The minimum absolute atomic E-state index is 0.0639. The van der Waals surface area contributed by atoms with Crippen molar-refractivity contribution < 1.29 is 13.9 Å². The second-order valence-electron chi connectivity index (χ2n) is 5.82. The number of carbonyl (C=O) groups is 1. The van der Waals surface area contributed by atoms with Crippen LogP contribution in [0.5, 0.6) is 5.75 Å². The lowest BCUT2D eigenvalue weighted by atomic mass is 10.2. The summed E-state index contributed by atoms with van der Waals surface area (Å²) in [4.78, 5) is 14.4. The third-order valence-electron chi connectivity index (χ3n) is 4.14. The van der Waals surface area contributed by atoms with Gasteiger partial charge in [0.05, 0.1) is 6.20 Å². The third kappa shape index (κ3) is 3.36. The molecule has 122 valence electrons. The molecule has 1 amide bonds. The van der Waals surface area contributed by atoms with Gasteiger partial charge in [0.15, 0.2) is 6.10 Å². The highest BCUT2D eigenvalue weighted by Crippen LogP contribution is 2.20. The Kier molecular flexibility index (Phi) is 4.32. The number of ether oxygens (including phenoxy) is 1. The number of aromatic nitrogens is 2. The normalized spacial score (nSPS) is 15.7. The molecule has 0 fully saturated rings. The Morgan fingerprint density at radius 3 is 2.83 bits per heavy atom. The van der Waals surface area contributed by atoms with Crippen molar-refractivity contribution in [3.8, 4) is 5.75 Å². The summed E-state index contributed by atoms with van der Waals surface area (Å²) in [6.45, 7) is 2.98. The zero-order valence-electron chi connectivity index (χ0n) is 13.3. The van der Waals surface area contributed by atoms with Crippen LogP contribution in [0, 0.1) is 5.82 Å². The molecule has 0 radical (unpaired) electrons. The van der Waals surface area contributed by atoms with E-state index in [2.05, 4.69) is 5.10 Å². The monoisotopic (exact) mass is 317 g/mol. The van der Waals surface area contributed by atoms with Gasteiger partial charge in [-0.3, -0.25) is 9.48 Å². The molecule has 0 spiro atoms. The SMILES string of the molecule is C[C@H](Oc1ccc(F)cc1)C(=O)N1CCCc2c(cnn2C)C1. The van der Waals surface area contributed by atoms with Crippen LogP contribution in [0.1, 0.15) is 24.6 Å². The maximum Gasteiger partial charge on any atom is 0.263 e. The Morgan fingerprint density at radius 1 is 1.35 bits per heavy atom. The van der Waals surface area contributed by atoms with Crippen molar-refractivity contribution in [2.75, 3.05) is 6.54 Å². The Morgan fingerprint density at radius 2 is 2.09 bits per heavy atom. The number of aryl methyl sites for hydroxylation is 1. The van der Waals surface area contributed by atoms with Crippen molar-refractivity contribution >= 4 is 5.91 Å². The number of carbonyl (C=O) groups excluding carboxylic acids is 1. The van der Waals surface area contributed by atoms with Crippen LogP contribution in [-0.2, 0) is 24.8 Å². The fourth-order valence-corrected chi connectivity index (χ4v) is 2.90. The molecule has 0 saturated heterocycles. The summed E-state index contributed by atoms with van der Waals surface area (Å²) in [5, 5.41) is 4.27. The summed E-state index contributed by atoms with van der Waals surface area (Å²) in [5.74, 6) is 0.100. The predicted octanol–water partition coefficient (Wildman–Crippen LogP) is 2.30. The number of fused-ring (bicyclic) bond motifs is 1. The first-order chi connectivity index (χ1) is 11.0. The van der Waals surface area contributed by atoms with Crippen LogP contribution in [0.3, 0.4) is 0 Å². The van der Waals surface area contributed by atoms with E-state index < -0.39 is 6.10 Å². The first kappa shape index (κ1) is 15.5. The van der Waals surface area contributed by atoms with E-state index in [1.54, 1.807) is 6.92 Å². The molecule has 1 aromatic heterocycles. The first-order valence-corrected chi connectivity index (χ1v) is 7.75. The average Bonchev–Trinajstić information content (AvgIpc) is 2.76. The molecule has 1 aliphatic rings. The van der Waals surface area contributed by atoms with Crippen molar-refractivity contribution in [1.29, 1.82) is 0 Å². The van der Waals surface area contributed by atoms with Crippen molar-refractivity contribution in [1.82, 2.24) is 14.7 Å². The molecule has 0 N–H and O–H groups in total. The summed E-state index contributed by atoms with van der Waals surface area (Å²) < 4.78 is 20.4. The van der Waals surface area contributed by atoms with Crippen molar-refractivity contribution in [2.45, 2.75) is 32.4 Å². The molecule has 0 unspecified atom stereocenters. The summed E-state index contributed by atoms with van der Waals surface area (Å²) in [6, 6.07) is 5.70. The Balaban J connectivity index is 1.68. The fraction of sp³-hybridized carbons (Fsp3) is 0.412. The summed E-state index contributed by atoms with van der Waals surface area (Å²) in [7, 11) is 1.93. The molecule has 1 aromatic carbocycles. The molecular weight excluding hydrogens is 297 g/mol.